The second kappa shape index (κ2) is 25.9. The summed E-state index contributed by atoms with van der Waals surface area (Å²) in [6.45, 7) is 0.0122. The van der Waals surface area contributed by atoms with Gasteiger partial charge in [0.1, 0.15) is 43.2 Å². The molecule has 10 rings (SSSR count). The van der Waals surface area contributed by atoms with Gasteiger partial charge in [-0.2, -0.15) is 0 Å². The van der Waals surface area contributed by atoms with Crippen molar-refractivity contribution in [3.8, 4) is 0 Å². The number of rotatable bonds is 18. The molecule has 0 spiro atoms. The van der Waals surface area contributed by atoms with Crippen LogP contribution in [-0.4, -0.2) is 92.5 Å². The number of benzene rings is 7. The summed E-state index contributed by atoms with van der Waals surface area (Å²) < 4.78 is 74.1. The van der Waals surface area contributed by atoms with Gasteiger partial charge in [0.25, 0.3) is 0 Å². The van der Waals surface area contributed by atoms with Gasteiger partial charge in [-0.1, -0.05) is 182 Å². The third-order valence-corrected chi connectivity index (χ3v) is 13.2. The van der Waals surface area contributed by atoms with E-state index < -0.39 is 79.3 Å². The number of cyclic esters (lactones) is 1. The van der Waals surface area contributed by atoms with Gasteiger partial charge in [-0.25, -0.2) is 14.4 Å². The van der Waals surface area contributed by atoms with Crippen LogP contribution in [0.4, 0.5) is 0 Å². The van der Waals surface area contributed by atoms with Gasteiger partial charge < -0.3 is 52.1 Å². The lowest BCUT2D eigenvalue weighted by molar-refractivity contribution is -0.369. The number of carbonyl (C=O) groups excluding carboxylic acids is 3. The Kier molecular flexibility index (Phi) is 17.8. The molecule has 0 saturated carbocycles. The first kappa shape index (κ1) is 52.1. The van der Waals surface area contributed by atoms with Crippen LogP contribution in [0.3, 0.4) is 0 Å². The highest BCUT2D eigenvalue weighted by Gasteiger charge is 2.56. The predicted octanol–water partition coefficient (Wildman–Crippen LogP) is 9.63. The number of hydrogen-bond donors (Lipinski definition) is 0. The maximum Gasteiger partial charge on any atom is 0.339 e. The summed E-state index contributed by atoms with van der Waals surface area (Å²) in [6.07, 6.45) is -12.4. The monoisotopic (exact) mass is 1030 g/mol. The average Bonchev–Trinajstić information content (AvgIpc) is 3.49. The van der Waals surface area contributed by atoms with Crippen LogP contribution in [-0.2, 0) is 85.1 Å². The van der Waals surface area contributed by atoms with Crippen LogP contribution in [0, 0.1) is 0 Å². The molecule has 2 bridgehead atoms. The molecule has 3 aliphatic rings. The zero-order chi connectivity index (χ0) is 51.9. The highest BCUT2D eigenvalue weighted by molar-refractivity contribution is 6.03. The van der Waals surface area contributed by atoms with E-state index in [1.807, 2.05) is 152 Å². The molecular formula is C62H58O14. The quantitative estimate of drug-likeness (QED) is 0.0592. The van der Waals surface area contributed by atoms with Crippen LogP contribution in [0.25, 0.3) is 0 Å². The molecule has 76 heavy (non-hydrogen) atoms. The molecule has 7 aromatic rings. The molecule has 390 valence electrons. The van der Waals surface area contributed by atoms with E-state index in [0.717, 1.165) is 27.8 Å². The van der Waals surface area contributed by atoms with Gasteiger partial charge in [-0.3, -0.25) is 0 Å². The minimum Gasteiger partial charge on any atom is -0.459 e. The summed E-state index contributed by atoms with van der Waals surface area (Å²) in [4.78, 5) is 43.7. The van der Waals surface area contributed by atoms with E-state index in [1.165, 1.54) is 12.1 Å². The third-order valence-electron chi connectivity index (χ3n) is 13.2. The lowest BCUT2D eigenvalue weighted by Gasteiger charge is -2.49. The van der Waals surface area contributed by atoms with Crippen molar-refractivity contribution in [3.63, 3.8) is 0 Å². The summed E-state index contributed by atoms with van der Waals surface area (Å²) >= 11 is 0. The average molecular weight is 1030 g/mol. The number of ether oxygens (including phenoxy) is 11. The molecule has 0 N–H and O–H groups in total. The number of carbonyl (C=O) groups is 3. The summed E-state index contributed by atoms with van der Waals surface area (Å²) in [6, 6.07) is 62.5. The Balaban J connectivity index is 1.11. The summed E-state index contributed by atoms with van der Waals surface area (Å²) in [5, 5.41) is 0. The molecule has 2 fully saturated rings. The van der Waals surface area contributed by atoms with E-state index in [9.17, 15) is 14.4 Å². The van der Waals surface area contributed by atoms with Gasteiger partial charge in [0.15, 0.2) is 24.8 Å². The van der Waals surface area contributed by atoms with Crippen molar-refractivity contribution in [2.75, 3.05) is 13.2 Å². The van der Waals surface area contributed by atoms with Gasteiger partial charge in [0.2, 0.25) is 0 Å². The number of esters is 3. The maximum absolute atomic E-state index is 15.0. The van der Waals surface area contributed by atoms with E-state index in [0.29, 0.717) is 0 Å². The molecule has 0 unspecified atom stereocenters. The van der Waals surface area contributed by atoms with Crippen molar-refractivity contribution >= 4 is 17.9 Å². The molecule has 14 nitrogen and oxygen atoms in total. The normalized spacial score (nSPS) is 24.5. The second-order valence-corrected chi connectivity index (χ2v) is 18.5. The Morgan fingerprint density at radius 3 is 1.42 bits per heavy atom. The Morgan fingerprint density at radius 1 is 0.434 bits per heavy atom. The van der Waals surface area contributed by atoms with Crippen LogP contribution in [0.2, 0.25) is 0 Å². The number of hydrogen-bond acceptors (Lipinski definition) is 14. The molecule has 3 aliphatic heterocycles. The largest absolute Gasteiger partial charge is 0.459 e. The molecule has 3 heterocycles. The molecule has 0 radical (unpaired) electrons. The highest BCUT2D eigenvalue weighted by atomic mass is 16.8. The smallest absolute Gasteiger partial charge is 0.339 e. The lowest BCUT2D eigenvalue weighted by atomic mass is 9.95. The van der Waals surface area contributed by atoms with E-state index in [2.05, 4.69) is 0 Å². The first-order valence-electron chi connectivity index (χ1n) is 25.4. The molecule has 0 aromatic heterocycles. The van der Waals surface area contributed by atoms with E-state index in [1.54, 1.807) is 42.5 Å². The molecule has 2 saturated heterocycles. The molecule has 7 aromatic carbocycles. The predicted molar refractivity (Wildman–Crippen MR) is 276 cm³/mol. The van der Waals surface area contributed by atoms with E-state index >= 15 is 0 Å². The maximum atomic E-state index is 15.0. The third kappa shape index (κ3) is 13.3. The SMILES string of the molecule is O=C(O[C@H]1[C@@H](OCc2ccccc2)O[C@H](COCc2ccccc2)[C@H]2O[C@@H]3O[C@H](COC(=O)c4ccccc4C(=O)O[C@H]12)[C@@H](OCc1ccccc1)[C@H](OCc1ccccc1)[C@@H]3OCc1ccccc1)c1ccccc1. The lowest BCUT2D eigenvalue weighted by Crippen LogP contribution is -2.66. The summed E-state index contributed by atoms with van der Waals surface area (Å²) in [5.74, 6) is -2.52. The van der Waals surface area contributed by atoms with Crippen LogP contribution in [0.15, 0.2) is 206 Å². The van der Waals surface area contributed by atoms with Gasteiger partial charge in [0, 0.05) is 0 Å². The van der Waals surface area contributed by atoms with Crippen LogP contribution < -0.4 is 0 Å². The minimum absolute atomic E-state index is 0.0109. The van der Waals surface area contributed by atoms with Gasteiger partial charge in [0.05, 0.1) is 56.3 Å². The van der Waals surface area contributed by atoms with Gasteiger partial charge in [-0.05, 0) is 52.1 Å². The van der Waals surface area contributed by atoms with Crippen LogP contribution in [0.1, 0.15) is 58.9 Å². The molecule has 0 amide bonds. The molecular weight excluding hydrogens is 969 g/mol. The van der Waals surface area contributed by atoms with Crippen LogP contribution in [0.5, 0.6) is 0 Å². The Labute approximate surface area is 441 Å². The Bertz CT molecular complexity index is 2910. The van der Waals surface area contributed by atoms with Crippen molar-refractivity contribution in [3.05, 3.63) is 251 Å². The molecule has 14 heteroatoms. The Hall–Kier alpha value is -7.37. The van der Waals surface area contributed by atoms with E-state index in [4.69, 9.17) is 52.1 Å². The van der Waals surface area contributed by atoms with Gasteiger partial charge in [-0.15, -0.1) is 0 Å². The van der Waals surface area contributed by atoms with Crippen molar-refractivity contribution in [2.45, 2.75) is 94.4 Å². The summed E-state index contributed by atoms with van der Waals surface area (Å²) in [5.41, 5.74) is 4.28. The number of fused-ring (bicyclic) bond motifs is 4. The zero-order valence-electron chi connectivity index (χ0n) is 41.6. The fourth-order valence-electron chi connectivity index (χ4n) is 9.36. The Morgan fingerprint density at radius 2 is 0.882 bits per heavy atom. The highest BCUT2D eigenvalue weighted by Crippen LogP contribution is 2.38. The zero-order valence-corrected chi connectivity index (χ0v) is 41.6. The second-order valence-electron chi connectivity index (χ2n) is 18.5. The fraction of sp³-hybridized carbons (Fsp3) is 0.274. The van der Waals surface area contributed by atoms with E-state index in [-0.39, 0.29) is 62.9 Å². The van der Waals surface area contributed by atoms with Crippen molar-refractivity contribution in [2.24, 2.45) is 0 Å². The van der Waals surface area contributed by atoms with Crippen molar-refractivity contribution in [1.82, 2.24) is 0 Å². The minimum atomic E-state index is -1.53. The van der Waals surface area contributed by atoms with Crippen LogP contribution >= 0.6 is 0 Å². The fourth-order valence-corrected chi connectivity index (χ4v) is 9.36. The first-order chi connectivity index (χ1) is 37.4. The van der Waals surface area contributed by atoms with Crippen molar-refractivity contribution in [1.29, 1.82) is 0 Å². The first-order valence-corrected chi connectivity index (χ1v) is 25.4. The standard InChI is InChI=1S/C62H58O14/c63-58(47-31-17-6-18-32-47)75-57-55-53(50(40-66-35-42-21-7-1-8-22-42)72-61(57)71-39-46-29-15-5-16-30-46)76-62-56(69-38-45-27-13-4-14-28-45)54(68-37-44-25-11-3-12-26-44)52(67-36-43-23-9-2-10-24-43)51(73-62)41-70-59(64)48-33-19-20-34-49(48)60(65)74-55/h1-34,50-57,61-62H,35-41H2/t50-,51-,52-,53-,54+,55+,56+,57-,61+,62+/m1/s1. The summed E-state index contributed by atoms with van der Waals surface area (Å²) in [7, 11) is 0. The topological polar surface area (TPSA) is 153 Å². The molecule has 0 aliphatic carbocycles. The molecule has 10 atom stereocenters. The van der Waals surface area contributed by atoms with Gasteiger partial charge >= 0.3 is 17.9 Å². The van der Waals surface area contributed by atoms with Crippen molar-refractivity contribution < 1.29 is 66.5 Å².